The van der Waals surface area contributed by atoms with Crippen molar-refractivity contribution in [1.82, 2.24) is 0 Å². The van der Waals surface area contributed by atoms with Crippen molar-refractivity contribution in [3.05, 3.63) is 52.5 Å². The van der Waals surface area contributed by atoms with Crippen LogP contribution in [-0.2, 0) is 11.3 Å². The van der Waals surface area contributed by atoms with Crippen molar-refractivity contribution in [1.29, 1.82) is 0 Å². The van der Waals surface area contributed by atoms with Gasteiger partial charge in [0.15, 0.2) is 11.5 Å². The molecule has 0 atom stereocenters. The third kappa shape index (κ3) is 3.89. The predicted molar refractivity (Wildman–Crippen MR) is 81.9 cm³/mol. The van der Waals surface area contributed by atoms with E-state index >= 15 is 0 Å². The highest BCUT2D eigenvalue weighted by atomic mass is 79.9. The molecule has 0 saturated carbocycles. The van der Waals surface area contributed by atoms with Gasteiger partial charge in [0.2, 0.25) is 6.79 Å². The maximum atomic E-state index is 5.60. The average molecular weight is 351 g/mol. The van der Waals surface area contributed by atoms with E-state index in [2.05, 4.69) is 15.9 Å². The van der Waals surface area contributed by atoms with E-state index in [0.717, 1.165) is 27.3 Å². The molecule has 110 valence electrons. The molecule has 0 unspecified atom stereocenters. The molecule has 0 aromatic heterocycles. The number of hydrogen-bond acceptors (Lipinski definition) is 4. The Labute approximate surface area is 131 Å². The normalized spacial score (nSPS) is 12.4. The molecule has 0 fully saturated rings. The average Bonchev–Trinajstić information content (AvgIpc) is 2.94. The van der Waals surface area contributed by atoms with Crippen LogP contribution in [0.25, 0.3) is 0 Å². The third-order valence-electron chi connectivity index (χ3n) is 3.00. The van der Waals surface area contributed by atoms with Gasteiger partial charge < -0.3 is 18.9 Å². The summed E-state index contributed by atoms with van der Waals surface area (Å²) in [6.45, 7) is 1.86. The number of halogens is 1. The molecule has 1 aliphatic rings. The second kappa shape index (κ2) is 6.83. The maximum absolute atomic E-state index is 5.60. The molecule has 1 heterocycles. The van der Waals surface area contributed by atoms with Crippen LogP contribution >= 0.6 is 15.9 Å². The van der Waals surface area contributed by atoms with Crippen molar-refractivity contribution < 1.29 is 18.9 Å². The summed E-state index contributed by atoms with van der Waals surface area (Å²) >= 11 is 3.41. The first-order valence-corrected chi connectivity index (χ1v) is 7.45. The van der Waals surface area contributed by atoms with E-state index in [1.54, 1.807) is 0 Å². The van der Waals surface area contributed by atoms with Crippen molar-refractivity contribution >= 4 is 15.9 Å². The standard InChI is InChI=1S/C16H15BrO4/c17-13-2-1-3-14(9-13)19-7-6-18-10-12-4-5-15-16(8-12)21-11-20-15/h1-5,8-9H,6-7,10-11H2. The van der Waals surface area contributed by atoms with Gasteiger partial charge in [-0.3, -0.25) is 0 Å². The van der Waals surface area contributed by atoms with Gasteiger partial charge >= 0.3 is 0 Å². The number of hydrogen-bond donors (Lipinski definition) is 0. The minimum Gasteiger partial charge on any atom is -0.491 e. The van der Waals surface area contributed by atoms with Gasteiger partial charge in [0, 0.05) is 4.47 Å². The fraction of sp³-hybridized carbons (Fsp3) is 0.250. The molecule has 0 N–H and O–H groups in total. The lowest BCUT2D eigenvalue weighted by Gasteiger charge is -2.08. The maximum Gasteiger partial charge on any atom is 0.231 e. The fourth-order valence-corrected chi connectivity index (χ4v) is 2.37. The van der Waals surface area contributed by atoms with Crippen LogP contribution in [0.15, 0.2) is 46.9 Å². The first kappa shape index (κ1) is 14.2. The molecule has 5 heteroatoms. The quantitative estimate of drug-likeness (QED) is 0.743. The molecule has 2 aromatic carbocycles. The molecule has 0 bridgehead atoms. The van der Waals surface area contributed by atoms with Crippen LogP contribution in [0.2, 0.25) is 0 Å². The van der Waals surface area contributed by atoms with Crippen LogP contribution in [0.1, 0.15) is 5.56 Å². The van der Waals surface area contributed by atoms with Crippen molar-refractivity contribution in [2.24, 2.45) is 0 Å². The molecular weight excluding hydrogens is 336 g/mol. The molecule has 0 radical (unpaired) electrons. The van der Waals surface area contributed by atoms with E-state index in [0.29, 0.717) is 26.6 Å². The predicted octanol–water partition coefficient (Wildman–Crippen LogP) is 3.77. The Morgan fingerprint density at radius 3 is 2.81 bits per heavy atom. The third-order valence-corrected chi connectivity index (χ3v) is 3.49. The highest BCUT2D eigenvalue weighted by Gasteiger charge is 2.12. The second-order valence-corrected chi connectivity index (χ2v) is 5.46. The van der Waals surface area contributed by atoms with Crippen molar-refractivity contribution in [2.45, 2.75) is 6.61 Å². The van der Waals surface area contributed by atoms with Crippen LogP contribution in [0.5, 0.6) is 17.2 Å². The van der Waals surface area contributed by atoms with E-state index in [4.69, 9.17) is 18.9 Å². The van der Waals surface area contributed by atoms with Gasteiger partial charge in [0.1, 0.15) is 12.4 Å². The van der Waals surface area contributed by atoms with Crippen LogP contribution in [0.3, 0.4) is 0 Å². The van der Waals surface area contributed by atoms with Gasteiger partial charge in [0.05, 0.1) is 13.2 Å². The molecular formula is C16H15BrO4. The zero-order valence-corrected chi connectivity index (χ0v) is 13.0. The number of benzene rings is 2. The van der Waals surface area contributed by atoms with Gasteiger partial charge in [-0.25, -0.2) is 0 Å². The minimum absolute atomic E-state index is 0.292. The Bertz CT molecular complexity index is 615. The molecule has 0 saturated heterocycles. The van der Waals surface area contributed by atoms with Gasteiger partial charge in [0.25, 0.3) is 0 Å². The highest BCUT2D eigenvalue weighted by Crippen LogP contribution is 2.32. The SMILES string of the molecule is Brc1cccc(OCCOCc2ccc3c(c2)OCO3)c1. The molecule has 3 rings (SSSR count). The van der Waals surface area contributed by atoms with Crippen LogP contribution in [0, 0.1) is 0 Å². The van der Waals surface area contributed by atoms with E-state index in [1.165, 1.54) is 0 Å². The van der Waals surface area contributed by atoms with Crippen LogP contribution in [0.4, 0.5) is 0 Å². The molecule has 1 aliphatic heterocycles. The second-order valence-electron chi connectivity index (χ2n) is 4.55. The summed E-state index contributed by atoms with van der Waals surface area (Å²) in [5.74, 6) is 2.40. The first-order valence-electron chi connectivity index (χ1n) is 6.66. The highest BCUT2D eigenvalue weighted by molar-refractivity contribution is 9.10. The Kier molecular flexibility index (Phi) is 4.62. The number of fused-ring (bicyclic) bond motifs is 1. The van der Waals surface area contributed by atoms with E-state index in [9.17, 15) is 0 Å². The molecule has 4 nitrogen and oxygen atoms in total. The Hall–Kier alpha value is -1.72. The zero-order valence-electron chi connectivity index (χ0n) is 11.4. The topological polar surface area (TPSA) is 36.9 Å². The first-order chi connectivity index (χ1) is 10.3. The van der Waals surface area contributed by atoms with Crippen LogP contribution < -0.4 is 14.2 Å². The lowest BCUT2D eigenvalue weighted by molar-refractivity contribution is 0.0888. The summed E-state index contributed by atoms with van der Waals surface area (Å²) in [6.07, 6.45) is 0. The summed E-state index contributed by atoms with van der Waals surface area (Å²) < 4.78 is 22.8. The Balaban J connectivity index is 1.40. The van der Waals surface area contributed by atoms with Gasteiger partial charge in [-0.1, -0.05) is 28.1 Å². The van der Waals surface area contributed by atoms with Crippen molar-refractivity contribution in [3.63, 3.8) is 0 Å². The van der Waals surface area contributed by atoms with E-state index < -0.39 is 0 Å². The molecule has 2 aromatic rings. The summed E-state index contributed by atoms with van der Waals surface area (Å²) in [7, 11) is 0. The summed E-state index contributed by atoms with van der Waals surface area (Å²) in [4.78, 5) is 0. The monoisotopic (exact) mass is 350 g/mol. The molecule has 21 heavy (non-hydrogen) atoms. The largest absolute Gasteiger partial charge is 0.491 e. The van der Waals surface area contributed by atoms with Gasteiger partial charge in [-0.05, 0) is 35.9 Å². The lowest BCUT2D eigenvalue weighted by Crippen LogP contribution is -2.06. The number of ether oxygens (including phenoxy) is 4. The van der Waals surface area contributed by atoms with E-state index in [1.807, 2.05) is 42.5 Å². The zero-order chi connectivity index (χ0) is 14.5. The summed E-state index contributed by atoms with van der Waals surface area (Å²) in [5.41, 5.74) is 1.06. The van der Waals surface area contributed by atoms with Crippen molar-refractivity contribution in [3.8, 4) is 17.2 Å². The number of rotatable bonds is 6. The smallest absolute Gasteiger partial charge is 0.231 e. The lowest BCUT2D eigenvalue weighted by atomic mass is 10.2. The van der Waals surface area contributed by atoms with E-state index in [-0.39, 0.29) is 0 Å². The van der Waals surface area contributed by atoms with Gasteiger partial charge in [-0.15, -0.1) is 0 Å². The molecule has 0 spiro atoms. The van der Waals surface area contributed by atoms with Crippen molar-refractivity contribution in [2.75, 3.05) is 20.0 Å². The molecule has 0 aliphatic carbocycles. The Morgan fingerprint density at radius 1 is 1.00 bits per heavy atom. The molecule has 0 amide bonds. The Morgan fingerprint density at radius 2 is 1.90 bits per heavy atom. The summed E-state index contributed by atoms with van der Waals surface area (Å²) in [5, 5.41) is 0. The summed E-state index contributed by atoms with van der Waals surface area (Å²) in [6, 6.07) is 13.6. The minimum atomic E-state index is 0.292. The fourth-order valence-electron chi connectivity index (χ4n) is 2.00. The van der Waals surface area contributed by atoms with Gasteiger partial charge in [-0.2, -0.15) is 0 Å². The van der Waals surface area contributed by atoms with Crippen LogP contribution in [-0.4, -0.2) is 20.0 Å².